The fraction of sp³-hybridized carbons (Fsp3) is 0.517. The summed E-state index contributed by atoms with van der Waals surface area (Å²) in [6.07, 6.45) is 1.10. The van der Waals surface area contributed by atoms with Gasteiger partial charge in [0.25, 0.3) is 0 Å². The molecular weight excluding hydrogens is 472 g/mol. The fourth-order valence-corrected chi connectivity index (χ4v) is 5.42. The maximum absolute atomic E-state index is 13.3. The van der Waals surface area contributed by atoms with E-state index in [0.29, 0.717) is 6.42 Å². The van der Waals surface area contributed by atoms with Crippen LogP contribution in [-0.2, 0) is 32.2 Å². The van der Waals surface area contributed by atoms with Crippen LogP contribution in [0.3, 0.4) is 0 Å². The molecule has 2 aromatic carbocycles. The average Bonchev–Trinajstić information content (AvgIpc) is 2.87. The topological polar surface area (TPSA) is 77.5 Å². The number of nitrogens with zero attached hydrogens (tertiary/aromatic N) is 2. The van der Waals surface area contributed by atoms with E-state index in [4.69, 9.17) is 18.9 Å². The Morgan fingerprint density at radius 1 is 0.784 bits per heavy atom. The molecule has 0 aromatic heterocycles. The first-order valence-electron chi connectivity index (χ1n) is 12.6. The van der Waals surface area contributed by atoms with E-state index in [1.165, 1.54) is 0 Å². The predicted octanol–water partition coefficient (Wildman–Crippen LogP) is 5.81. The highest BCUT2D eigenvalue weighted by atomic mass is 16.6. The van der Waals surface area contributed by atoms with Crippen LogP contribution >= 0.6 is 0 Å². The third-order valence-corrected chi connectivity index (χ3v) is 6.81. The second-order valence-electron chi connectivity index (χ2n) is 10.7. The van der Waals surface area contributed by atoms with Gasteiger partial charge in [-0.2, -0.15) is 0 Å². The predicted molar refractivity (Wildman–Crippen MR) is 141 cm³/mol. The van der Waals surface area contributed by atoms with E-state index >= 15 is 0 Å². The molecule has 1 saturated carbocycles. The molecule has 8 heteroatoms. The van der Waals surface area contributed by atoms with Crippen LogP contribution in [0.1, 0.15) is 51.2 Å². The number of hydrogen-bond donors (Lipinski definition) is 0. The second-order valence-corrected chi connectivity index (χ2v) is 10.7. The van der Waals surface area contributed by atoms with E-state index in [1.807, 2.05) is 67.6 Å². The van der Waals surface area contributed by atoms with Crippen molar-refractivity contribution in [2.45, 2.75) is 64.8 Å². The lowest BCUT2D eigenvalue weighted by Crippen LogP contribution is -2.60. The van der Waals surface area contributed by atoms with Crippen molar-refractivity contribution in [1.29, 1.82) is 0 Å². The highest BCUT2D eigenvalue weighted by Gasteiger charge is 2.49. The van der Waals surface area contributed by atoms with Crippen molar-refractivity contribution >= 4 is 12.2 Å². The molecule has 0 N–H and O–H groups in total. The van der Waals surface area contributed by atoms with E-state index in [2.05, 4.69) is 13.8 Å². The molecule has 2 aromatic rings. The number of hydrogen-bond acceptors (Lipinski definition) is 6. The van der Waals surface area contributed by atoms with Crippen LogP contribution in [0.2, 0.25) is 0 Å². The molecule has 1 fully saturated rings. The summed E-state index contributed by atoms with van der Waals surface area (Å²) in [5.41, 5.74) is 1.03. The van der Waals surface area contributed by atoms with E-state index < -0.39 is 17.7 Å². The van der Waals surface area contributed by atoms with Gasteiger partial charge >= 0.3 is 12.2 Å². The van der Waals surface area contributed by atoms with Crippen molar-refractivity contribution in [1.82, 2.24) is 9.80 Å². The minimum atomic E-state index is -0.623. The maximum atomic E-state index is 13.3. The summed E-state index contributed by atoms with van der Waals surface area (Å²) < 4.78 is 22.2. The molecule has 0 aliphatic heterocycles. The Kier molecular flexibility index (Phi) is 9.94. The van der Waals surface area contributed by atoms with Gasteiger partial charge in [-0.05, 0) is 42.7 Å². The Balaban J connectivity index is 1.77. The van der Waals surface area contributed by atoms with Gasteiger partial charge in [-0.15, -0.1) is 0 Å². The van der Waals surface area contributed by atoms with Gasteiger partial charge in [0.2, 0.25) is 0 Å². The molecular formula is C29H40N2O6. The SMILES string of the molecule is COCN(C(=O)OCc1ccccc1)C1CC(C)(C)CC(C)(N(COC)C(=O)OCc2ccccc2)C1. The standard InChI is InChI=1S/C29H40N2O6/c1-28(2)16-25(30(21-34-4)26(32)36-18-23-12-8-6-9-13-23)17-29(3,20-28)31(22-35-5)27(33)37-19-24-14-10-7-11-15-24/h6-15,25H,16-22H2,1-5H3. The number of carbonyl (C=O) groups excluding carboxylic acids is 2. The minimum Gasteiger partial charge on any atom is -0.444 e. The van der Waals surface area contributed by atoms with Crippen LogP contribution in [0.4, 0.5) is 9.59 Å². The molecule has 202 valence electrons. The Labute approximate surface area is 220 Å². The second kappa shape index (κ2) is 12.9. The third-order valence-electron chi connectivity index (χ3n) is 6.81. The van der Waals surface area contributed by atoms with Gasteiger partial charge in [0.15, 0.2) is 0 Å². The highest BCUT2D eigenvalue weighted by molar-refractivity contribution is 5.69. The summed E-state index contributed by atoms with van der Waals surface area (Å²) >= 11 is 0. The lowest BCUT2D eigenvalue weighted by atomic mass is 9.66. The molecule has 0 radical (unpaired) electrons. The van der Waals surface area contributed by atoms with Gasteiger partial charge in [0, 0.05) is 25.8 Å². The van der Waals surface area contributed by atoms with Crippen LogP contribution in [0.5, 0.6) is 0 Å². The van der Waals surface area contributed by atoms with Gasteiger partial charge in [0.05, 0.1) is 0 Å². The molecule has 0 spiro atoms. The summed E-state index contributed by atoms with van der Waals surface area (Å²) in [6.45, 7) is 6.85. The number of carbonyl (C=O) groups is 2. The van der Waals surface area contributed by atoms with Crippen molar-refractivity contribution in [3.05, 3.63) is 71.8 Å². The van der Waals surface area contributed by atoms with Gasteiger partial charge in [-0.25, -0.2) is 9.59 Å². The monoisotopic (exact) mass is 512 g/mol. The quantitative estimate of drug-likeness (QED) is 0.374. The largest absolute Gasteiger partial charge is 0.444 e. The van der Waals surface area contributed by atoms with E-state index in [9.17, 15) is 9.59 Å². The smallest absolute Gasteiger partial charge is 0.412 e. The summed E-state index contributed by atoms with van der Waals surface area (Å²) in [5.74, 6) is 0. The van der Waals surface area contributed by atoms with Crippen molar-refractivity contribution < 1.29 is 28.5 Å². The third kappa shape index (κ3) is 7.94. The van der Waals surface area contributed by atoms with Gasteiger partial charge < -0.3 is 18.9 Å². The molecule has 37 heavy (non-hydrogen) atoms. The number of rotatable bonds is 10. The van der Waals surface area contributed by atoms with E-state index in [1.54, 1.807) is 24.0 Å². The zero-order valence-electron chi connectivity index (χ0n) is 22.6. The fourth-order valence-electron chi connectivity index (χ4n) is 5.42. The molecule has 8 nitrogen and oxygen atoms in total. The van der Waals surface area contributed by atoms with E-state index in [0.717, 1.165) is 24.0 Å². The Morgan fingerprint density at radius 3 is 1.81 bits per heavy atom. The zero-order chi connectivity index (χ0) is 26.9. The van der Waals surface area contributed by atoms with Crippen molar-refractivity contribution in [2.75, 3.05) is 27.7 Å². The summed E-state index contributed by atoms with van der Waals surface area (Å²) in [7, 11) is 3.12. The minimum absolute atomic E-state index is 0.0790. The highest BCUT2D eigenvalue weighted by Crippen LogP contribution is 2.46. The van der Waals surface area contributed by atoms with Crippen LogP contribution in [-0.4, -0.2) is 61.2 Å². The molecule has 0 heterocycles. The van der Waals surface area contributed by atoms with Crippen molar-refractivity contribution in [3.8, 4) is 0 Å². The van der Waals surface area contributed by atoms with Gasteiger partial charge in [-0.3, -0.25) is 9.80 Å². The first-order chi connectivity index (χ1) is 17.7. The van der Waals surface area contributed by atoms with Crippen molar-refractivity contribution in [3.63, 3.8) is 0 Å². The Morgan fingerprint density at radius 2 is 1.30 bits per heavy atom. The van der Waals surface area contributed by atoms with Crippen LogP contribution < -0.4 is 0 Å². The molecule has 2 unspecified atom stereocenters. The first-order valence-corrected chi connectivity index (χ1v) is 12.6. The summed E-state index contributed by atoms with van der Waals surface area (Å²) in [5, 5.41) is 0. The Bertz CT molecular complexity index is 1000. The normalized spacial score (nSPS) is 20.6. The summed E-state index contributed by atoms with van der Waals surface area (Å²) in [6, 6.07) is 18.9. The average molecular weight is 513 g/mol. The molecule has 2 amide bonds. The summed E-state index contributed by atoms with van der Waals surface area (Å²) in [4.78, 5) is 29.8. The van der Waals surface area contributed by atoms with E-state index in [-0.39, 0.29) is 38.1 Å². The van der Waals surface area contributed by atoms with Crippen LogP contribution in [0.15, 0.2) is 60.7 Å². The molecule has 2 atom stereocenters. The number of methoxy groups -OCH3 is 2. The molecule has 1 aliphatic rings. The molecule has 0 bridgehead atoms. The number of benzene rings is 2. The van der Waals surface area contributed by atoms with Gasteiger partial charge in [0.1, 0.15) is 26.7 Å². The van der Waals surface area contributed by atoms with Crippen LogP contribution in [0, 0.1) is 5.41 Å². The maximum Gasteiger partial charge on any atom is 0.412 e. The molecule has 0 saturated heterocycles. The lowest BCUT2D eigenvalue weighted by Gasteiger charge is -2.52. The Hall–Kier alpha value is -3.10. The van der Waals surface area contributed by atoms with Crippen LogP contribution in [0.25, 0.3) is 0 Å². The number of amides is 2. The zero-order valence-corrected chi connectivity index (χ0v) is 22.6. The van der Waals surface area contributed by atoms with Crippen molar-refractivity contribution in [2.24, 2.45) is 5.41 Å². The lowest BCUT2D eigenvalue weighted by molar-refractivity contribution is -0.0745. The molecule has 1 aliphatic carbocycles. The number of ether oxygens (including phenoxy) is 4. The first kappa shape index (κ1) is 28.5. The molecule has 3 rings (SSSR count). The van der Waals surface area contributed by atoms with Gasteiger partial charge in [-0.1, -0.05) is 74.5 Å².